The Morgan fingerprint density at radius 3 is 2.47 bits per heavy atom. The topological polar surface area (TPSA) is 46.2 Å². The molecule has 1 fully saturated rings. The van der Waals surface area contributed by atoms with Crippen molar-refractivity contribution < 1.29 is 8.42 Å². The third-order valence-electron chi connectivity index (χ3n) is 3.29. The van der Waals surface area contributed by atoms with Gasteiger partial charge in [-0.1, -0.05) is 13.8 Å². The highest BCUT2D eigenvalue weighted by Crippen LogP contribution is 2.29. The first kappa shape index (κ1) is 13.3. The molecule has 1 N–H and O–H groups in total. The summed E-state index contributed by atoms with van der Waals surface area (Å²) in [4.78, 5) is 0. The molecule has 0 aromatic heterocycles. The van der Waals surface area contributed by atoms with Crippen molar-refractivity contribution in [1.29, 1.82) is 0 Å². The summed E-state index contributed by atoms with van der Waals surface area (Å²) in [5.41, 5.74) is 0. The van der Waals surface area contributed by atoms with E-state index in [0.717, 1.165) is 19.3 Å². The monoisotopic (exact) mass is 253 g/mol. The van der Waals surface area contributed by atoms with Crippen LogP contribution in [0, 0.1) is 11.8 Å². The summed E-state index contributed by atoms with van der Waals surface area (Å²) >= 11 is 5.44. The fourth-order valence-electron chi connectivity index (χ4n) is 2.07. The molecule has 5 heteroatoms. The molecule has 0 bridgehead atoms. The first-order chi connectivity index (χ1) is 6.94. The summed E-state index contributed by atoms with van der Waals surface area (Å²) in [5.74, 6) is 1.49. The minimum absolute atomic E-state index is 0.0228. The van der Waals surface area contributed by atoms with Gasteiger partial charge in [-0.15, -0.1) is 11.6 Å². The third kappa shape index (κ3) is 4.29. The Bertz CT molecular complexity index is 292. The molecule has 1 rings (SSSR count). The van der Waals surface area contributed by atoms with Crippen LogP contribution in [0.25, 0.3) is 0 Å². The van der Waals surface area contributed by atoms with Crippen molar-refractivity contribution in [2.75, 3.05) is 11.6 Å². The number of hydrogen-bond acceptors (Lipinski definition) is 2. The second kappa shape index (κ2) is 5.51. The fraction of sp³-hybridized carbons (Fsp3) is 1.00. The van der Waals surface area contributed by atoms with E-state index in [4.69, 9.17) is 11.6 Å². The van der Waals surface area contributed by atoms with E-state index in [0.29, 0.717) is 11.8 Å². The van der Waals surface area contributed by atoms with Crippen LogP contribution >= 0.6 is 11.6 Å². The van der Waals surface area contributed by atoms with Crippen LogP contribution < -0.4 is 4.72 Å². The van der Waals surface area contributed by atoms with E-state index in [2.05, 4.69) is 18.6 Å². The largest absolute Gasteiger partial charge is 0.213 e. The molecule has 0 aromatic carbocycles. The van der Waals surface area contributed by atoms with Gasteiger partial charge in [0.2, 0.25) is 10.0 Å². The fourth-order valence-corrected chi connectivity index (χ4v) is 3.72. The lowest BCUT2D eigenvalue weighted by molar-refractivity contribution is 0.242. The molecule has 0 aliphatic heterocycles. The van der Waals surface area contributed by atoms with Gasteiger partial charge < -0.3 is 0 Å². The number of rotatable bonds is 4. The second-order valence-electron chi connectivity index (χ2n) is 4.59. The zero-order valence-corrected chi connectivity index (χ0v) is 10.9. The van der Waals surface area contributed by atoms with Gasteiger partial charge in [0.25, 0.3) is 0 Å². The molecule has 0 aromatic rings. The predicted octanol–water partition coefficient (Wildman–Crippen LogP) is 1.97. The van der Waals surface area contributed by atoms with E-state index in [1.54, 1.807) is 0 Å². The maximum atomic E-state index is 11.5. The standard InChI is InChI=1S/C10H20ClNO2S/c1-8-3-4-10(7-9(8)2)12-15(13,14)6-5-11/h8-10,12H,3-7H2,1-2H3. The van der Waals surface area contributed by atoms with Gasteiger partial charge in [0.15, 0.2) is 0 Å². The predicted molar refractivity (Wildman–Crippen MR) is 63.6 cm³/mol. The summed E-state index contributed by atoms with van der Waals surface area (Å²) in [6.07, 6.45) is 3.00. The molecule has 1 aliphatic rings. The smallest absolute Gasteiger partial charge is 0.212 e. The molecular formula is C10H20ClNO2S. The number of hydrogen-bond donors (Lipinski definition) is 1. The first-order valence-electron chi connectivity index (χ1n) is 5.50. The summed E-state index contributed by atoms with van der Waals surface area (Å²) in [6, 6.07) is 0.115. The van der Waals surface area contributed by atoms with Gasteiger partial charge in [0.1, 0.15) is 0 Å². The van der Waals surface area contributed by atoms with Gasteiger partial charge in [-0.2, -0.15) is 0 Å². The average Bonchev–Trinajstić information content (AvgIpc) is 2.10. The van der Waals surface area contributed by atoms with Crippen LogP contribution in [0.5, 0.6) is 0 Å². The lowest BCUT2D eigenvalue weighted by atomic mass is 9.79. The summed E-state index contributed by atoms with van der Waals surface area (Å²) in [5, 5.41) is 0. The summed E-state index contributed by atoms with van der Waals surface area (Å²) < 4.78 is 25.7. The van der Waals surface area contributed by atoms with Crippen LogP contribution in [0.15, 0.2) is 0 Å². The normalized spacial score (nSPS) is 32.9. The molecule has 0 amide bonds. The Morgan fingerprint density at radius 1 is 1.27 bits per heavy atom. The summed E-state index contributed by atoms with van der Waals surface area (Å²) in [6.45, 7) is 4.42. The van der Waals surface area contributed by atoms with Gasteiger partial charge in [-0.05, 0) is 31.1 Å². The Balaban J connectivity index is 2.46. The van der Waals surface area contributed by atoms with Crippen molar-refractivity contribution >= 4 is 21.6 Å². The molecule has 1 aliphatic carbocycles. The molecule has 3 unspecified atom stereocenters. The Kier molecular flexibility index (Phi) is 4.87. The lowest BCUT2D eigenvalue weighted by Crippen LogP contribution is -2.41. The average molecular weight is 254 g/mol. The molecule has 0 spiro atoms. The van der Waals surface area contributed by atoms with Crippen LogP contribution in [0.1, 0.15) is 33.1 Å². The van der Waals surface area contributed by atoms with Crippen LogP contribution in [0.2, 0.25) is 0 Å². The highest BCUT2D eigenvalue weighted by Gasteiger charge is 2.27. The minimum Gasteiger partial charge on any atom is -0.212 e. The quantitative estimate of drug-likeness (QED) is 0.779. The molecule has 90 valence electrons. The van der Waals surface area contributed by atoms with Crippen molar-refractivity contribution in [1.82, 2.24) is 4.72 Å². The number of alkyl halides is 1. The van der Waals surface area contributed by atoms with Gasteiger partial charge in [0.05, 0.1) is 5.75 Å². The van der Waals surface area contributed by atoms with Crippen molar-refractivity contribution in [2.24, 2.45) is 11.8 Å². The van der Waals surface area contributed by atoms with E-state index in [1.807, 2.05) is 0 Å². The number of sulfonamides is 1. The molecule has 0 radical (unpaired) electrons. The van der Waals surface area contributed by atoms with Crippen molar-refractivity contribution in [3.05, 3.63) is 0 Å². The van der Waals surface area contributed by atoms with Crippen molar-refractivity contribution in [3.8, 4) is 0 Å². The Hall–Kier alpha value is 0.200. The highest BCUT2D eigenvalue weighted by atomic mass is 35.5. The zero-order valence-electron chi connectivity index (χ0n) is 9.37. The molecule has 3 nitrogen and oxygen atoms in total. The van der Waals surface area contributed by atoms with Crippen molar-refractivity contribution in [3.63, 3.8) is 0 Å². The van der Waals surface area contributed by atoms with Crippen LogP contribution in [0.4, 0.5) is 0 Å². The molecule has 15 heavy (non-hydrogen) atoms. The maximum absolute atomic E-state index is 11.5. The molecular weight excluding hydrogens is 234 g/mol. The minimum atomic E-state index is -3.15. The zero-order chi connectivity index (χ0) is 11.5. The number of halogens is 1. The number of nitrogens with one attached hydrogen (secondary N) is 1. The second-order valence-corrected chi connectivity index (χ2v) is 6.84. The van der Waals surface area contributed by atoms with E-state index < -0.39 is 10.0 Å². The molecule has 0 heterocycles. The van der Waals surface area contributed by atoms with Gasteiger partial charge >= 0.3 is 0 Å². The SMILES string of the molecule is CC1CCC(NS(=O)(=O)CCCl)CC1C. The first-order valence-corrected chi connectivity index (χ1v) is 7.69. The van der Waals surface area contributed by atoms with E-state index >= 15 is 0 Å². The van der Waals surface area contributed by atoms with Gasteiger partial charge in [0, 0.05) is 11.9 Å². The Morgan fingerprint density at radius 2 is 1.93 bits per heavy atom. The van der Waals surface area contributed by atoms with E-state index in [9.17, 15) is 8.42 Å². The van der Waals surface area contributed by atoms with Gasteiger partial charge in [-0.3, -0.25) is 0 Å². The molecule has 0 saturated heterocycles. The van der Waals surface area contributed by atoms with E-state index in [-0.39, 0.29) is 17.7 Å². The van der Waals surface area contributed by atoms with Crippen LogP contribution in [-0.4, -0.2) is 26.1 Å². The molecule has 1 saturated carbocycles. The Labute approximate surface area is 97.6 Å². The highest BCUT2D eigenvalue weighted by molar-refractivity contribution is 7.89. The van der Waals surface area contributed by atoms with Crippen LogP contribution in [0.3, 0.4) is 0 Å². The van der Waals surface area contributed by atoms with Gasteiger partial charge in [-0.25, -0.2) is 13.1 Å². The van der Waals surface area contributed by atoms with Crippen molar-refractivity contribution in [2.45, 2.75) is 39.2 Å². The van der Waals surface area contributed by atoms with Crippen LogP contribution in [-0.2, 0) is 10.0 Å². The maximum Gasteiger partial charge on any atom is 0.213 e. The third-order valence-corrected chi connectivity index (χ3v) is 5.14. The lowest BCUT2D eigenvalue weighted by Gasteiger charge is -2.32. The molecule has 3 atom stereocenters. The van der Waals surface area contributed by atoms with E-state index in [1.165, 1.54) is 0 Å². The summed E-state index contributed by atoms with van der Waals surface area (Å²) in [7, 11) is -3.15.